The van der Waals surface area contributed by atoms with Gasteiger partial charge in [0.25, 0.3) is 0 Å². The Hall–Kier alpha value is -12.1. The lowest BCUT2D eigenvalue weighted by Gasteiger charge is -2.07. The second-order valence-electron chi connectivity index (χ2n) is 21.1. The molecule has 0 amide bonds. The van der Waals surface area contributed by atoms with Gasteiger partial charge in [-0.05, 0) is 101 Å². The molecule has 17 N–H and O–H groups in total. The number of ether oxygens (including phenoxy) is 2. The first-order valence-corrected chi connectivity index (χ1v) is 31.1. The molecule has 12 aromatic carbocycles. The zero-order chi connectivity index (χ0) is 72.7. The third-order valence-electron chi connectivity index (χ3n) is 14.0. The number of hydrogen-bond donors (Lipinski definition) is 15. The van der Waals surface area contributed by atoms with Crippen molar-refractivity contribution >= 4 is 0 Å². The van der Waals surface area contributed by atoms with Gasteiger partial charge in [0, 0.05) is 51.8 Å². The Morgan fingerprint density at radius 1 is 0.202 bits per heavy atom. The van der Waals surface area contributed by atoms with Gasteiger partial charge in [0.05, 0.1) is 46.2 Å². The normalized spacial score (nSPS) is 9.39. The van der Waals surface area contributed by atoms with Gasteiger partial charge in [0.1, 0.15) is 69.0 Å². The summed E-state index contributed by atoms with van der Waals surface area (Å²) in [7, 11) is 0.750. The van der Waals surface area contributed by atoms with Crippen LogP contribution in [0.15, 0.2) is 297 Å². The lowest BCUT2D eigenvalue weighted by molar-refractivity contribution is -0.325. The highest BCUT2D eigenvalue weighted by Crippen LogP contribution is 2.28. The SMILES string of the molecule is C.C.C[O-].OCc1ccccc1O.OCc1ccccc1O.OCc1ccccc1O.Oc1ccccc1.Oc1ccccc1COCc1ccccc1O.Oc1ccccc1COCc1ccccc1O.Oc1ccccc1Cc1ccccc1O.Oc1ccccc1Cc1ccccc1O.[OH-].[OH-]. The van der Waals surface area contributed by atoms with Crippen molar-refractivity contribution in [2.75, 3.05) is 7.11 Å². The minimum Gasteiger partial charge on any atom is -0.870 e. The van der Waals surface area contributed by atoms with E-state index in [9.17, 15) is 40.9 Å². The Labute approximate surface area is 607 Å². The molecule has 0 aliphatic rings. The summed E-state index contributed by atoms with van der Waals surface area (Å²) in [5.74, 6) is 2.75. The van der Waals surface area contributed by atoms with Crippen molar-refractivity contribution in [2.45, 2.75) is 73.9 Å². The monoisotopic (exact) mass is 1420 g/mol. The summed E-state index contributed by atoms with van der Waals surface area (Å²) in [5.41, 5.74) is 7.93. The van der Waals surface area contributed by atoms with Crippen LogP contribution in [0.5, 0.6) is 69.0 Å². The maximum Gasteiger partial charge on any atom is 0.121 e. The molecule has 0 radical (unpaired) electrons. The molecule has 0 atom stereocenters. The first-order valence-electron chi connectivity index (χ1n) is 31.1. The van der Waals surface area contributed by atoms with E-state index in [4.69, 9.17) is 50.3 Å². The second-order valence-corrected chi connectivity index (χ2v) is 21.1. The van der Waals surface area contributed by atoms with Gasteiger partial charge in [0.2, 0.25) is 0 Å². The number of hydrogen-bond acceptors (Lipinski definition) is 20. The molecule has 0 saturated carbocycles. The molecule has 20 heteroatoms. The summed E-state index contributed by atoms with van der Waals surface area (Å²) in [6.45, 7) is 0.968. The van der Waals surface area contributed by atoms with E-state index in [-0.39, 0.29) is 109 Å². The summed E-state index contributed by atoms with van der Waals surface area (Å²) in [6, 6.07) is 85.6. The molecule has 104 heavy (non-hydrogen) atoms. The third kappa shape index (κ3) is 34.8. The van der Waals surface area contributed by atoms with Gasteiger partial charge in [-0.2, -0.15) is 7.11 Å². The standard InChI is InChI=1S/2C14H14O3.2C13H12O2.3C7H8O2.C6H6O.CH3O.2CH4.2H2O/c2*15-13-7-3-1-5-11(13)9-17-10-12-6-2-4-8-14(12)16;2*14-12-7-3-1-5-10(12)9-11-6-2-4-8-13(11)15;3*8-5-6-3-1-2-4-7(6)9;7-6-4-2-1-3-5-6;1-2;;;;/h2*1-8,15-16H,9-10H2;2*1-8,14-15H,9H2;3*1-4,8-9H,5H2;1-5,7H;1H3;2*1H4;2*1H2/q;;;;;;;;-1;;;;/p-2. The van der Waals surface area contributed by atoms with Gasteiger partial charge < -0.3 is 102 Å². The molecule has 20 nitrogen and oxygen atoms in total. The van der Waals surface area contributed by atoms with Gasteiger partial charge in [-0.15, -0.1) is 0 Å². The van der Waals surface area contributed by atoms with Crippen LogP contribution in [-0.2, 0) is 68.6 Å². The van der Waals surface area contributed by atoms with Crippen LogP contribution in [0.4, 0.5) is 0 Å². The third-order valence-corrected chi connectivity index (χ3v) is 14.0. The molecule has 0 spiro atoms. The zero-order valence-electron chi connectivity index (χ0n) is 56.0. The van der Waals surface area contributed by atoms with Crippen molar-refractivity contribution in [2.24, 2.45) is 0 Å². The quantitative estimate of drug-likeness (QED) is 0.0453. The highest BCUT2D eigenvalue weighted by molar-refractivity contribution is 5.43. The summed E-state index contributed by atoms with van der Waals surface area (Å²) in [6.07, 6.45) is 1.08. The van der Waals surface area contributed by atoms with Crippen LogP contribution in [-0.4, -0.2) is 94.7 Å². The van der Waals surface area contributed by atoms with Crippen LogP contribution in [0, 0.1) is 0 Å². The summed E-state index contributed by atoms with van der Waals surface area (Å²) < 4.78 is 10.9. The van der Waals surface area contributed by atoms with Gasteiger partial charge in [-0.1, -0.05) is 233 Å². The van der Waals surface area contributed by atoms with E-state index >= 15 is 0 Å². The average molecular weight is 1420 g/mol. The van der Waals surface area contributed by atoms with Crippen molar-refractivity contribution in [3.63, 3.8) is 0 Å². The lowest BCUT2D eigenvalue weighted by Crippen LogP contribution is -1.94. The molecule has 0 heterocycles. The Morgan fingerprint density at radius 2 is 0.337 bits per heavy atom. The molecule has 12 rings (SSSR count). The minimum absolute atomic E-state index is 0. The van der Waals surface area contributed by atoms with Crippen molar-refractivity contribution in [1.82, 2.24) is 0 Å². The van der Waals surface area contributed by atoms with Crippen LogP contribution in [0.2, 0.25) is 0 Å². The van der Waals surface area contributed by atoms with Crippen LogP contribution in [0.3, 0.4) is 0 Å². The topological polar surface area (TPSA) is 405 Å². The summed E-state index contributed by atoms with van der Waals surface area (Å²) >= 11 is 0. The highest BCUT2D eigenvalue weighted by atomic mass is 16.5. The van der Waals surface area contributed by atoms with Gasteiger partial charge >= 0.3 is 0 Å². The van der Waals surface area contributed by atoms with Crippen molar-refractivity contribution in [3.8, 4) is 69.0 Å². The molecular weight excluding hydrogens is 1330 g/mol. The molecule has 0 bridgehead atoms. The number of aliphatic hydroxyl groups excluding tert-OH is 3. The van der Waals surface area contributed by atoms with Crippen LogP contribution in [0.25, 0.3) is 0 Å². The fourth-order valence-electron chi connectivity index (χ4n) is 8.49. The van der Waals surface area contributed by atoms with Crippen LogP contribution < -0.4 is 5.11 Å². The van der Waals surface area contributed by atoms with Crippen molar-refractivity contribution in [1.29, 1.82) is 0 Å². The minimum atomic E-state index is -0.104. The second kappa shape index (κ2) is 53.8. The molecule has 0 aromatic heterocycles. The number of aliphatic hydroxyl groups is 3. The fourth-order valence-corrected chi connectivity index (χ4v) is 8.49. The van der Waals surface area contributed by atoms with Gasteiger partial charge in [-0.25, -0.2) is 0 Å². The molecule has 0 fully saturated rings. The fraction of sp³-hybridized carbons (Fsp3) is 0.143. The maximum absolute atomic E-state index is 9.58. The van der Waals surface area contributed by atoms with Crippen molar-refractivity contribution < 1.29 is 102 Å². The van der Waals surface area contributed by atoms with Crippen LogP contribution in [0.1, 0.15) is 76.1 Å². The van der Waals surface area contributed by atoms with E-state index in [1.165, 1.54) is 0 Å². The largest absolute Gasteiger partial charge is 0.870 e. The van der Waals surface area contributed by atoms with E-state index < -0.39 is 0 Å². The summed E-state index contributed by atoms with van der Waals surface area (Å²) in [5, 5.41) is 146. The maximum atomic E-state index is 9.58. The van der Waals surface area contributed by atoms with E-state index in [0.717, 1.165) is 51.6 Å². The number of rotatable bonds is 15. The Kier molecular flexibility index (Phi) is 47.5. The number of para-hydroxylation sites is 12. The first-order chi connectivity index (χ1) is 48.5. The summed E-state index contributed by atoms with van der Waals surface area (Å²) in [4.78, 5) is 0. The molecule has 0 saturated heterocycles. The number of phenols is 12. The highest BCUT2D eigenvalue weighted by Gasteiger charge is 2.08. The number of aromatic hydroxyl groups is 12. The lowest BCUT2D eigenvalue weighted by atomic mass is 10.0. The van der Waals surface area contributed by atoms with E-state index in [1.807, 2.05) is 78.9 Å². The number of phenolic OH excluding ortho intramolecular Hbond substituents is 9. The average Bonchev–Trinajstić information content (AvgIpc) is 0.869. The van der Waals surface area contributed by atoms with E-state index in [2.05, 4.69) is 0 Å². The molecule has 12 aromatic rings. The number of benzene rings is 12. The molecule has 0 aliphatic carbocycles. The van der Waals surface area contributed by atoms with Crippen LogP contribution >= 0.6 is 0 Å². The van der Waals surface area contributed by atoms with Crippen molar-refractivity contribution in [3.05, 3.63) is 358 Å². The zero-order valence-corrected chi connectivity index (χ0v) is 56.0. The van der Waals surface area contributed by atoms with E-state index in [1.54, 1.807) is 218 Å². The molecular formula is C84H95O20-3. The Morgan fingerprint density at radius 3 is 0.462 bits per heavy atom. The van der Waals surface area contributed by atoms with Gasteiger partial charge in [0.15, 0.2) is 0 Å². The molecule has 0 aliphatic heterocycles. The predicted octanol–water partition coefficient (Wildman–Crippen LogP) is 14.9. The smallest absolute Gasteiger partial charge is 0.121 e. The van der Waals surface area contributed by atoms with E-state index in [0.29, 0.717) is 61.7 Å². The predicted molar refractivity (Wildman–Crippen MR) is 401 cm³/mol. The molecule has 554 valence electrons. The Bertz CT molecular complexity index is 3740. The molecule has 0 unspecified atom stereocenters. The van der Waals surface area contributed by atoms with Gasteiger partial charge in [-0.3, -0.25) is 0 Å². The first kappa shape index (κ1) is 91.9. The Balaban J connectivity index is 0.00000117.